The van der Waals surface area contributed by atoms with E-state index >= 15 is 0 Å². The molecular weight excluding hydrogens is 352 g/mol. The quantitative estimate of drug-likeness (QED) is 0.774. The Kier molecular flexibility index (Phi) is 6.97. The summed E-state index contributed by atoms with van der Waals surface area (Å²) in [6.07, 6.45) is 4.02. The van der Waals surface area contributed by atoms with Crippen molar-refractivity contribution in [2.45, 2.75) is 59.1 Å². The van der Waals surface area contributed by atoms with E-state index in [1.54, 1.807) is 4.90 Å². The number of nitrogens with zero attached hydrogens (tertiary/aromatic N) is 2. The van der Waals surface area contributed by atoms with Crippen molar-refractivity contribution in [2.24, 2.45) is 17.8 Å². The fourth-order valence-electron chi connectivity index (χ4n) is 4.37. The number of carbonyl (C=O) groups excluding carboxylic acids is 2. The van der Waals surface area contributed by atoms with Gasteiger partial charge in [0.1, 0.15) is 6.61 Å². The van der Waals surface area contributed by atoms with Gasteiger partial charge in [-0.2, -0.15) is 0 Å². The van der Waals surface area contributed by atoms with Crippen LogP contribution in [0.4, 0.5) is 4.79 Å². The lowest BCUT2D eigenvalue weighted by Gasteiger charge is -2.44. The number of hydrogen-bond donors (Lipinski definition) is 0. The third-order valence-electron chi connectivity index (χ3n) is 6.30. The highest BCUT2D eigenvalue weighted by molar-refractivity contribution is 5.80. The van der Waals surface area contributed by atoms with Crippen LogP contribution in [0.3, 0.4) is 0 Å². The van der Waals surface area contributed by atoms with Crippen LogP contribution in [0.5, 0.6) is 0 Å². The van der Waals surface area contributed by atoms with Gasteiger partial charge < -0.3 is 14.5 Å². The summed E-state index contributed by atoms with van der Waals surface area (Å²) < 4.78 is 5.50. The van der Waals surface area contributed by atoms with Crippen LogP contribution in [0.15, 0.2) is 30.3 Å². The fraction of sp³-hybridized carbons (Fsp3) is 0.652. The second-order valence-corrected chi connectivity index (χ2v) is 8.79. The molecular formula is C23H34N2O3. The van der Waals surface area contributed by atoms with Gasteiger partial charge in [-0.15, -0.1) is 0 Å². The number of benzene rings is 1. The summed E-state index contributed by atoms with van der Waals surface area (Å²) in [5, 5.41) is 0. The van der Waals surface area contributed by atoms with Crippen molar-refractivity contribution in [3.05, 3.63) is 35.9 Å². The Labute approximate surface area is 169 Å². The molecule has 0 aromatic heterocycles. The molecule has 1 atom stereocenters. The standard InChI is InChI=1S/C23H34N2O3/c1-17(2)21-15-24(23(27)28-16-19-7-5-4-6-8-19)13-14-25(21)22(26)20-11-9-18(3)10-12-20/h4-8,17-18,20-21H,9-16H2,1-3H3/t18?,20?,21-/m1/s1. The van der Waals surface area contributed by atoms with Crippen molar-refractivity contribution in [3.8, 4) is 0 Å². The lowest BCUT2D eigenvalue weighted by Crippen LogP contribution is -2.59. The molecule has 5 nitrogen and oxygen atoms in total. The average molecular weight is 387 g/mol. The lowest BCUT2D eigenvalue weighted by atomic mass is 9.81. The Balaban J connectivity index is 1.57. The van der Waals surface area contributed by atoms with Crippen LogP contribution in [0.2, 0.25) is 0 Å². The van der Waals surface area contributed by atoms with Crippen LogP contribution in [0.1, 0.15) is 52.0 Å². The molecule has 0 unspecified atom stereocenters. The summed E-state index contributed by atoms with van der Waals surface area (Å²) in [5.74, 6) is 1.49. The highest BCUT2D eigenvalue weighted by Crippen LogP contribution is 2.31. The third kappa shape index (κ3) is 5.06. The Morgan fingerprint density at radius 3 is 2.39 bits per heavy atom. The molecule has 2 amide bonds. The van der Waals surface area contributed by atoms with Gasteiger partial charge in [0.2, 0.25) is 5.91 Å². The number of ether oxygens (including phenoxy) is 1. The Morgan fingerprint density at radius 1 is 1.07 bits per heavy atom. The van der Waals surface area contributed by atoms with Crippen molar-refractivity contribution in [1.29, 1.82) is 0 Å². The van der Waals surface area contributed by atoms with E-state index < -0.39 is 0 Å². The topological polar surface area (TPSA) is 49.9 Å². The number of carbonyl (C=O) groups is 2. The molecule has 0 spiro atoms. The molecule has 2 aliphatic rings. The second kappa shape index (κ2) is 9.44. The third-order valence-corrected chi connectivity index (χ3v) is 6.30. The average Bonchev–Trinajstić information content (AvgIpc) is 2.72. The first kappa shape index (κ1) is 20.7. The summed E-state index contributed by atoms with van der Waals surface area (Å²) in [6.45, 7) is 8.53. The first-order chi connectivity index (χ1) is 13.5. The van der Waals surface area contributed by atoms with Crippen LogP contribution in [-0.2, 0) is 16.1 Å². The van der Waals surface area contributed by atoms with Crippen LogP contribution >= 0.6 is 0 Å². The van der Waals surface area contributed by atoms with Gasteiger partial charge in [-0.3, -0.25) is 4.79 Å². The zero-order valence-corrected chi connectivity index (χ0v) is 17.5. The van der Waals surface area contributed by atoms with Crippen LogP contribution in [0, 0.1) is 17.8 Å². The van der Waals surface area contributed by atoms with Gasteiger partial charge in [0.25, 0.3) is 0 Å². The van der Waals surface area contributed by atoms with Crippen molar-refractivity contribution < 1.29 is 14.3 Å². The normalized spacial score (nSPS) is 25.6. The first-order valence-corrected chi connectivity index (χ1v) is 10.7. The number of piperazine rings is 1. The van der Waals surface area contributed by atoms with Crippen molar-refractivity contribution in [1.82, 2.24) is 9.80 Å². The largest absolute Gasteiger partial charge is 0.445 e. The molecule has 1 aliphatic carbocycles. The maximum Gasteiger partial charge on any atom is 0.410 e. The van der Waals surface area contributed by atoms with Gasteiger partial charge in [0.15, 0.2) is 0 Å². The fourth-order valence-corrected chi connectivity index (χ4v) is 4.37. The molecule has 2 fully saturated rings. The number of rotatable bonds is 4. The molecule has 1 aromatic rings. The van der Waals surface area contributed by atoms with Gasteiger partial charge in [-0.05, 0) is 43.1 Å². The molecule has 0 radical (unpaired) electrons. The molecule has 28 heavy (non-hydrogen) atoms. The minimum Gasteiger partial charge on any atom is -0.445 e. The first-order valence-electron chi connectivity index (χ1n) is 10.7. The molecule has 1 saturated carbocycles. The molecule has 0 bridgehead atoms. The second-order valence-electron chi connectivity index (χ2n) is 8.79. The lowest BCUT2D eigenvalue weighted by molar-refractivity contribution is -0.143. The molecule has 0 N–H and O–H groups in total. The monoisotopic (exact) mass is 386 g/mol. The van der Waals surface area contributed by atoms with Crippen LogP contribution in [0.25, 0.3) is 0 Å². The van der Waals surface area contributed by atoms with E-state index in [-0.39, 0.29) is 24.7 Å². The zero-order chi connectivity index (χ0) is 20.1. The van der Waals surface area contributed by atoms with E-state index in [0.717, 1.165) is 37.2 Å². The SMILES string of the molecule is CC1CCC(C(=O)N2CCN(C(=O)OCc3ccccc3)C[C@@H]2C(C)C)CC1. The minimum absolute atomic E-state index is 0.0601. The Hall–Kier alpha value is -2.04. The molecule has 1 saturated heterocycles. The highest BCUT2D eigenvalue weighted by Gasteiger charge is 2.38. The van der Waals surface area contributed by atoms with Gasteiger partial charge in [-0.1, -0.05) is 51.1 Å². The zero-order valence-electron chi connectivity index (χ0n) is 17.5. The minimum atomic E-state index is -0.284. The molecule has 5 heteroatoms. The van der Waals surface area contributed by atoms with Crippen molar-refractivity contribution in [2.75, 3.05) is 19.6 Å². The maximum absolute atomic E-state index is 13.2. The van der Waals surface area contributed by atoms with E-state index in [1.807, 2.05) is 35.2 Å². The van der Waals surface area contributed by atoms with E-state index in [2.05, 4.69) is 20.8 Å². The van der Waals surface area contributed by atoms with Gasteiger partial charge in [0.05, 0.1) is 6.04 Å². The van der Waals surface area contributed by atoms with E-state index in [4.69, 9.17) is 4.74 Å². The van der Waals surface area contributed by atoms with Crippen molar-refractivity contribution in [3.63, 3.8) is 0 Å². The van der Waals surface area contributed by atoms with Gasteiger partial charge >= 0.3 is 6.09 Å². The maximum atomic E-state index is 13.2. The summed E-state index contributed by atoms with van der Waals surface area (Å²) in [4.78, 5) is 29.5. The summed E-state index contributed by atoms with van der Waals surface area (Å²) in [6, 6.07) is 9.78. The molecule has 1 aromatic carbocycles. The molecule has 1 aliphatic heterocycles. The molecule has 154 valence electrons. The van der Waals surface area contributed by atoms with E-state index in [0.29, 0.717) is 31.5 Å². The smallest absolute Gasteiger partial charge is 0.410 e. The van der Waals surface area contributed by atoms with Crippen molar-refractivity contribution >= 4 is 12.0 Å². The van der Waals surface area contributed by atoms with E-state index in [1.165, 1.54) is 0 Å². The predicted octanol–water partition coefficient (Wildman–Crippen LogP) is 4.32. The highest BCUT2D eigenvalue weighted by atomic mass is 16.6. The van der Waals surface area contributed by atoms with Crippen LogP contribution in [-0.4, -0.2) is 47.5 Å². The molecule has 1 heterocycles. The number of amides is 2. The van der Waals surface area contributed by atoms with Crippen LogP contribution < -0.4 is 0 Å². The molecule has 3 rings (SSSR count). The summed E-state index contributed by atoms with van der Waals surface area (Å²) >= 11 is 0. The number of hydrogen-bond acceptors (Lipinski definition) is 3. The Morgan fingerprint density at radius 2 is 1.75 bits per heavy atom. The van der Waals surface area contributed by atoms with Gasteiger partial charge in [-0.25, -0.2) is 4.79 Å². The summed E-state index contributed by atoms with van der Waals surface area (Å²) in [5.41, 5.74) is 0.983. The van der Waals surface area contributed by atoms with E-state index in [9.17, 15) is 9.59 Å². The Bertz CT molecular complexity index is 653. The predicted molar refractivity (Wildman–Crippen MR) is 110 cm³/mol. The summed E-state index contributed by atoms with van der Waals surface area (Å²) in [7, 11) is 0. The van der Waals surface area contributed by atoms with Gasteiger partial charge in [0, 0.05) is 25.6 Å².